The van der Waals surface area contributed by atoms with Crippen LogP contribution >= 0.6 is 0 Å². The number of nitrogens with two attached hydrogens (primary N) is 1. The van der Waals surface area contributed by atoms with E-state index < -0.39 is 0 Å². The van der Waals surface area contributed by atoms with Crippen molar-refractivity contribution in [2.45, 2.75) is 82.5 Å². The number of likely N-dealkylation sites (tertiary alicyclic amines) is 1. The van der Waals surface area contributed by atoms with Crippen LogP contribution in [0.3, 0.4) is 0 Å². The third-order valence-corrected chi connectivity index (χ3v) is 8.17. The van der Waals surface area contributed by atoms with Crippen molar-refractivity contribution in [1.82, 2.24) is 19.7 Å². The SMILES string of the molecule is C=C/C=C\C=C/Cc1ccc(CN2CCN(C)CC23CCCC3)c(=O)[nH]1.CCC1CC(N)CCN1C=O. The maximum atomic E-state index is 12.6. The van der Waals surface area contributed by atoms with E-state index in [1.54, 1.807) is 6.08 Å². The van der Waals surface area contributed by atoms with Gasteiger partial charge in [-0.25, -0.2) is 0 Å². The van der Waals surface area contributed by atoms with Crippen molar-refractivity contribution in [3.05, 3.63) is 70.7 Å². The fraction of sp³-hybridized carbons (Fsp3) is 0.600. The molecule has 7 heteroatoms. The first kappa shape index (κ1) is 29.1. The van der Waals surface area contributed by atoms with Crippen LogP contribution in [0.4, 0.5) is 0 Å². The number of amides is 1. The first-order valence-electron chi connectivity index (χ1n) is 14.0. The number of H-pyrrole nitrogens is 1. The number of rotatable bonds is 8. The van der Waals surface area contributed by atoms with E-state index in [0.29, 0.717) is 12.1 Å². The van der Waals surface area contributed by atoms with E-state index in [1.165, 1.54) is 25.7 Å². The fourth-order valence-corrected chi connectivity index (χ4v) is 6.01. The number of hydrogen-bond acceptors (Lipinski definition) is 5. The van der Waals surface area contributed by atoms with Crippen LogP contribution in [0.15, 0.2) is 53.9 Å². The molecule has 3 N–H and O–H groups in total. The average molecular weight is 510 g/mol. The van der Waals surface area contributed by atoms with Crippen molar-refractivity contribution in [3.8, 4) is 0 Å². The summed E-state index contributed by atoms with van der Waals surface area (Å²) in [6.45, 7) is 10.6. The third kappa shape index (κ3) is 8.25. The number of carbonyl (C=O) groups is 1. The predicted molar refractivity (Wildman–Crippen MR) is 152 cm³/mol. The van der Waals surface area contributed by atoms with Crippen molar-refractivity contribution in [3.63, 3.8) is 0 Å². The zero-order valence-corrected chi connectivity index (χ0v) is 22.9. The number of aromatic amines is 1. The van der Waals surface area contributed by atoms with Crippen LogP contribution in [0.1, 0.15) is 63.1 Å². The summed E-state index contributed by atoms with van der Waals surface area (Å²) in [4.78, 5) is 33.0. The Morgan fingerprint density at radius 1 is 1.16 bits per heavy atom. The predicted octanol–water partition coefficient (Wildman–Crippen LogP) is 3.62. The van der Waals surface area contributed by atoms with Crippen LogP contribution in [0.2, 0.25) is 0 Å². The number of piperidine rings is 1. The maximum absolute atomic E-state index is 12.6. The molecule has 2 unspecified atom stereocenters. The molecule has 3 aliphatic rings. The number of aromatic nitrogens is 1. The molecule has 2 saturated heterocycles. The number of pyridine rings is 1. The zero-order valence-electron chi connectivity index (χ0n) is 22.9. The van der Waals surface area contributed by atoms with Crippen molar-refractivity contribution in [2.75, 3.05) is 33.2 Å². The Morgan fingerprint density at radius 2 is 1.95 bits per heavy atom. The third-order valence-electron chi connectivity index (χ3n) is 8.17. The second kappa shape index (κ2) is 14.5. The van der Waals surface area contributed by atoms with E-state index in [4.69, 9.17) is 5.73 Å². The van der Waals surface area contributed by atoms with Gasteiger partial charge in [0.15, 0.2) is 0 Å². The van der Waals surface area contributed by atoms with Crippen molar-refractivity contribution in [2.24, 2.45) is 5.73 Å². The second-order valence-corrected chi connectivity index (χ2v) is 10.9. The summed E-state index contributed by atoms with van der Waals surface area (Å²) in [5.74, 6) is 0. The van der Waals surface area contributed by atoms with Gasteiger partial charge >= 0.3 is 0 Å². The van der Waals surface area contributed by atoms with E-state index in [2.05, 4.69) is 41.4 Å². The molecule has 2 aliphatic heterocycles. The molecular formula is C30H47N5O2. The van der Waals surface area contributed by atoms with E-state index in [0.717, 1.165) is 76.1 Å². The highest BCUT2D eigenvalue weighted by Gasteiger charge is 2.42. The van der Waals surface area contributed by atoms with Gasteiger partial charge in [0, 0.05) is 68.0 Å². The van der Waals surface area contributed by atoms with E-state index in [9.17, 15) is 9.59 Å². The van der Waals surface area contributed by atoms with Crippen LogP contribution in [-0.2, 0) is 17.8 Å². The van der Waals surface area contributed by atoms with Crippen LogP contribution in [0, 0.1) is 0 Å². The molecule has 1 amide bonds. The maximum Gasteiger partial charge on any atom is 0.252 e. The molecule has 7 nitrogen and oxygen atoms in total. The molecule has 37 heavy (non-hydrogen) atoms. The summed E-state index contributed by atoms with van der Waals surface area (Å²) < 4.78 is 0. The highest BCUT2D eigenvalue weighted by Crippen LogP contribution is 2.38. The average Bonchev–Trinajstić information content (AvgIpc) is 3.35. The molecule has 4 rings (SSSR count). The quantitative estimate of drug-likeness (QED) is 0.413. The molecule has 1 aromatic rings. The lowest BCUT2D eigenvalue weighted by Gasteiger charge is -2.48. The first-order valence-corrected chi connectivity index (χ1v) is 14.0. The Balaban J connectivity index is 0.000000289. The summed E-state index contributed by atoms with van der Waals surface area (Å²) in [7, 11) is 2.22. The van der Waals surface area contributed by atoms with Gasteiger partial charge in [0.2, 0.25) is 6.41 Å². The van der Waals surface area contributed by atoms with E-state index in [1.807, 2.05) is 35.3 Å². The highest BCUT2D eigenvalue weighted by molar-refractivity contribution is 5.48. The van der Waals surface area contributed by atoms with Crippen LogP contribution in [-0.4, -0.2) is 76.9 Å². The molecule has 1 saturated carbocycles. The number of nitrogens with zero attached hydrogens (tertiary/aromatic N) is 3. The molecule has 3 heterocycles. The second-order valence-electron chi connectivity index (χ2n) is 10.9. The van der Waals surface area contributed by atoms with Gasteiger partial charge in [0.25, 0.3) is 5.56 Å². The van der Waals surface area contributed by atoms with Gasteiger partial charge in [0.1, 0.15) is 0 Å². The Labute approximate surface area is 223 Å². The largest absolute Gasteiger partial charge is 0.342 e. The standard InChI is InChI=1S/C22H31N3O.C8H16N2O/c1-3-4-5-6-7-10-20-12-11-19(21(26)23-20)17-25-16-15-24(2)18-22(25)13-8-9-14-22;1-2-8-5-7(9)3-4-10(8)6-11/h3-7,11-12H,1,8-10,13-18H2,2H3,(H,23,26);6-8H,2-5,9H2,1H3/b5-4-,7-6-;. The molecule has 2 atom stereocenters. The summed E-state index contributed by atoms with van der Waals surface area (Å²) in [5.41, 5.74) is 7.95. The van der Waals surface area contributed by atoms with E-state index in [-0.39, 0.29) is 11.1 Å². The minimum atomic E-state index is 0.0598. The minimum Gasteiger partial charge on any atom is -0.342 e. The number of nitrogens with one attached hydrogen (secondary N) is 1. The molecule has 0 radical (unpaired) electrons. The minimum absolute atomic E-state index is 0.0598. The monoisotopic (exact) mass is 509 g/mol. The fourth-order valence-electron chi connectivity index (χ4n) is 6.01. The van der Waals surface area contributed by atoms with Gasteiger partial charge in [-0.05, 0) is 45.2 Å². The van der Waals surface area contributed by atoms with Gasteiger partial charge in [-0.3, -0.25) is 14.5 Å². The normalized spacial score (nSPS) is 24.5. The van der Waals surface area contributed by atoms with Gasteiger partial charge < -0.3 is 20.5 Å². The molecule has 3 fully saturated rings. The molecule has 1 aliphatic carbocycles. The van der Waals surface area contributed by atoms with E-state index >= 15 is 0 Å². The Kier molecular flexibility index (Phi) is 11.4. The smallest absolute Gasteiger partial charge is 0.252 e. The molecular weight excluding hydrogens is 462 g/mol. The van der Waals surface area contributed by atoms with Gasteiger partial charge in [-0.1, -0.05) is 62.8 Å². The van der Waals surface area contributed by atoms with Crippen molar-refractivity contribution < 1.29 is 4.79 Å². The summed E-state index contributed by atoms with van der Waals surface area (Å²) in [6.07, 6.45) is 19.3. The van der Waals surface area contributed by atoms with Crippen LogP contribution in [0.5, 0.6) is 0 Å². The number of hydrogen-bond donors (Lipinski definition) is 2. The number of allylic oxidation sites excluding steroid dienone is 5. The lowest BCUT2D eigenvalue weighted by molar-refractivity contribution is -0.121. The van der Waals surface area contributed by atoms with Gasteiger partial charge in [0.05, 0.1) is 0 Å². The number of carbonyl (C=O) groups excluding carboxylic acids is 1. The lowest BCUT2D eigenvalue weighted by atomic mass is 9.91. The lowest BCUT2D eigenvalue weighted by Crippen LogP contribution is -2.59. The van der Waals surface area contributed by atoms with Gasteiger partial charge in [-0.15, -0.1) is 0 Å². The number of likely N-dealkylation sites (N-methyl/N-ethyl adjacent to an activating group) is 1. The summed E-state index contributed by atoms with van der Waals surface area (Å²) in [6, 6.07) is 4.76. The molecule has 1 aromatic heterocycles. The molecule has 0 aromatic carbocycles. The first-order chi connectivity index (χ1) is 17.9. The zero-order chi connectivity index (χ0) is 26.7. The molecule has 204 valence electrons. The molecule has 0 bridgehead atoms. The topological polar surface area (TPSA) is 85.7 Å². The Bertz CT molecular complexity index is 978. The van der Waals surface area contributed by atoms with Crippen molar-refractivity contribution >= 4 is 6.41 Å². The van der Waals surface area contributed by atoms with Gasteiger partial charge in [-0.2, -0.15) is 0 Å². The molecule has 1 spiro atoms. The van der Waals surface area contributed by atoms with Crippen molar-refractivity contribution in [1.29, 1.82) is 0 Å². The summed E-state index contributed by atoms with van der Waals surface area (Å²) in [5, 5.41) is 0. The highest BCUT2D eigenvalue weighted by atomic mass is 16.1. The number of piperazine rings is 1. The van der Waals surface area contributed by atoms with Crippen LogP contribution in [0.25, 0.3) is 0 Å². The van der Waals surface area contributed by atoms with Crippen LogP contribution < -0.4 is 11.3 Å². The summed E-state index contributed by atoms with van der Waals surface area (Å²) >= 11 is 0. The Hall–Kier alpha value is -2.48. The Morgan fingerprint density at radius 3 is 2.62 bits per heavy atom.